The zero-order valence-corrected chi connectivity index (χ0v) is 14.5. The first-order valence-corrected chi connectivity index (χ1v) is 7.40. The van der Waals surface area contributed by atoms with Crippen molar-refractivity contribution in [3.05, 3.63) is 0 Å². The van der Waals surface area contributed by atoms with Crippen molar-refractivity contribution in [1.82, 2.24) is 0 Å². The largest absolute Gasteiger partial charge is 0.469 e. The van der Waals surface area contributed by atoms with E-state index in [0.29, 0.717) is 11.3 Å². The molecule has 0 aromatic carbocycles. The standard InChI is InChI=1S/C17H34O2/c1-13(2)10-15(3,4)11-16(5,6)12-17(7,8)14(18)19-9/h13H,10-12H2,1-9H3. The number of ether oxygens (including phenoxy) is 1. The lowest BCUT2D eigenvalue weighted by Crippen LogP contribution is -2.34. The minimum atomic E-state index is -0.411. The van der Waals surface area contributed by atoms with E-state index in [1.54, 1.807) is 0 Å². The summed E-state index contributed by atoms with van der Waals surface area (Å²) in [6, 6.07) is 0. The van der Waals surface area contributed by atoms with Crippen molar-refractivity contribution in [3.63, 3.8) is 0 Å². The minimum absolute atomic E-state index is 0.109. The Labute approximate surface area is 120 Å². The van der Waals surface area contributed by atoms with E-state index in [1.807, 2.05) is 13.8 Å². The third kappa shape index (κ3) is 6.98. The molecule has 0 saturated heterocycles. The van der Waals surface area contributed by atoms with Crippen LogP contribution >= 0.6 is 0 Å². The van der Waals surface area contributed by atoms with Crippen LogP contribution < -0.4 is 0 Å². The molecule has 19 heavy (non-hydrogen) atoms. The van der Waals surface area contributed by atoms with Gasteiger partial charge >= 0.3 is 5.97 Å². The normalized spacial score (nSPS) is 13.8. The van der Waals surface area contributed by atoms with Gasteiger partial charge in [0, 0.05) is 0 Å². The Balaban J connectivity index is 4.76. The molecule has 0 saturated carbocycles. The molecule has 2 nitrogen and oxygen atoms in total. The Morgan fingerprint density at radius 1 is 0.947 bits per heavy atom. The molecule has 0 bridgehead atoms. The van der Waals surface area contributed by atoms with Crippen LogP contribution in [0.4, 0.5) is 0 Å². The van der Waals surface area contributed by atoms with Gasteiger partial charge in [0.2, 0.25) is 0 Å². The minimum Gasteiger partial charge on any atom is -0.469 e. The average Bonchev–Trinajstić information content (AvgIpc) is 2.09. The predicted octanol–water partition coefficient (Wildman–Crippen LogP) is 5.06. The topological polar surface area (TPSA) is 26.3 Å². The molecule has 114 valence electrons. The Bertz CT molecular complexity index is 298. The lowest BCUT2D eigenvalue weighted by Gasteiger charge is -2.39. The number of methoxy groups -OCH3 is 1. The summed E-state index contributed by atoms with van der Waals surface area (Å²) in [5.41, 5.74) is 0.0338. The molecule has 0 aromatic heterocycles. The first kappa shape index (κ1) is 18.5. The summed E-state index contributed by atoms with van der Waals surface area (Å²) in [4.78, 5) is 11.8. The highest BCUT2D eigenvalue weighted by molar-refractivity contribution is 5.75. The average molecular weight is 270 g/mol. The monoisotopic (exact) mass is 270 g/mol. The van der Waals surface area contributed by atoms with Crippen LogP contribution in [0.25, 0.3) is 0 Å². The number of rotatable bonds is 7. The van der Waals surface area contributed by atoms with E-state index in [-0.39, 0.29) is 11.4 Å². The Morgan fingerprint density at radius 2 is 1.42 bits per heavy atom. The molecule has 0 fully saturated rings. The van der Waals surface area contributed by atoms with E-state index in [1.165, 1.54) is 13.5 Å². The SMILES string of the molecule is COC(=O)C(C)(C)CC(C)(C)CC(C)(C)CC(C)C. The maximum Gasteiger partial charge on any atom is 0.311 e. The van der Waals surface area contributed by atoms with E-state index in [9.17, 15) is 4.79 Å². The van der Waals surface area contributed by atoms with Crippen LogP contribution in [-0.2, 0) is 9.53 Å². The zero-order valence-electron chi connectivity index (χ0n) is 14.5. The summed E-state index contributed by atoms with van der Waals surface area (Å²) in [7, 11) is 1.47. The summed E-state index contributed by atoms with van der Waals surface area (Å²) < 4.78 is 4.92. The van der Waals surface area contributed by atoms with Gasteiger partial charge in [0.1, 0.15) is 0 Å². The molecule has 0 aliphatic rings. The van der Waals surface area contributed by atoms with Gasteiger partial charge in [-0.3, -0.25) is 4.79 Å². The maximum absolute atomic E-state index is 11.8. The summed E-state index contributed by atoms with van der Waals surface area (Å²) in [5.74, 6) is 0.599. The molecule has 0 radical (unpaired) electrons. The van der Waals surface area contributed by atoms with E-state index < -0.39 is 5.41 Å². The van der Waals surface area contributed by atoms with Gasteiger partial charge in [0.25, 0.3) is 0 Å². The van der Waals surface area contributed by atoms with E-state index in [0.717, 1.165) is 12.8 Å². The number of carbonyl (C=O) groups excluding carboxylic acids is 1. The van der Waals surface area contributed by atoms with Crippen molar-refractivity contribution in [3.8, 4) is 0 Å². The van der Waals surface area contributed by atoms with Crippen molar-refractivity contribution in [2.75, 3.05) is 7.11 Å². The van der Waals surface area contributed by atoms with E-state index >= 15 is 0 Å². The first-order valence-electron chi connectivity index (χ1n) is 7.40. The molecule has 0 atom stereocenters. The maximum atomic E-state index is 11.8. The number of carbonyl (C=O) groups is 1. The summed E-state index contributed by atoms with van der Waals surface area (Å²) in [6.45, 7) is 17.7. The molecule has 0 amide bonds. The van der Waals surface area contributed by atoms with E-state index in [4.69, 9.17) is 4.74 Å². The van der Waals surface area contributed by atoms with Gasteiger partial charge in [0.05, 0.1) is 12.5 Å². The van der Waals surface area contributed by atoms with E-state index in [2.05, 4.69) is 41.5 Å². The number of hydrogen-bond acceptors (Lipinski definition) is 2. The van der Waals surface area contributed by atoms with Gasteiger partial charge in [-0.2, -0.15) is 0 Å². The third-order valence-electron chi connectivity index (χ3n) is 3.58. The highest BCUT2D eigenvalue weighted by atomic mass is 16.5. The Hall–Kier alpha value is -0.530. The summed E-state index contributed by atoms with van der Waals surface area (Å²) >= 11 is 0. The first-order chi connectivity index (χ1) is 8.31. The van der Waals surface area contributed by atoms with Gasteiger partial charge in [-0.05, 0) is 49.9 Å². The van der Waals surface area contributed by atoms with Crippen molar-refractivity contribution in [2.24, 2.45) is 22.2 Å². The third-order valence-corrected chi connectivity index (χ3v) is 3.58. The number of esters is 1. The van der Waals surface area contributed by atoms with Gasteiger partial charge in [-0.1, -0.05) is 41.5 Å². The predicted molar refractivity (Wildman–Crippen MR) is 82.0 cm³/mol. The molecule has 0 spiro atoms. The molecule has 0 heterocycles. The second kappa shape index (κ2) is 6.28. The molecule has 0 aliphatic heterocycles. The summed E-state index contributed by atoms with van der Waals surface area (Å²) in [6.07, 6.45) is 3.20. The highest BCUT2D eigenvalue weighted by Crippen LogP contribution is 2.44. The van der Waals surface area contributed by atoms with Crippen LogP contribution in [0.2, 0.25) is 0 Å². The highest BCUT2D eigenvalue weighted by Gasteiger charge is 2.38. The molecule has 0 unspecified atom stereocenters. The molecule has 0 rings (SSSR count). The van der Waals surface area contributed by atoms with Crippen molar-refractivity contribution in [2.45, 2.75) is 74.7 Å². The van der Waals surface area contributed by atoms with Crippen molar-refractivity contribution < 1.29 is 9.53 Å². The van der Waals surface area contributed by atoms with Crippen LogP contribution in [0, 0.1) is 22.2 Å². The van der Waals surface area contributed by atoms with Gasteiger partial charge in [0.15, 0.2) is 0 Å². The second-order valence-electron chi connectivity index (χ2n) is 8.66. The van der Waals surface area contributed by atoms with Gasteiger partial charge < -0.3 is 4.74 Å². The summed E-state index contributed by atoms with van der Waals surface area (Å²) in [5, 5.41) is 0. The van der Waals surface area contributed by atoms with Crippen LogP contribution in [0.1, 0.15) is 74.7 Å². The fraction of sp³-hybridized carbons (Fsp3) is 0.941. The molecule has 0 N–H and O–H groups in total. The van der Waals surface area contributed by atoms with Crippen LogP contribution in [0.15, 0.2) is 0 Å². The molecule has 0 aromatic rings. The molecule has 2 heteroatoms. The lowest BCUT2D eigenvalue weighted by atomic mass is 9.66. The molecule has 0 aliphatic carbocycles. The number of hydrogen-bond donors (Lipinski definition) is 0. The lowest BCUT2D eigenvalue weighted by molar-refractivity contribution is -0.152. The molecular formula is C17H34O2. The van der Waals surface area contributed by atoms with Crippen LogP contribution in [0.3, 0.4) is 0 Å². The van der Waals surface area contributed by atoms with Crippen molar-refractivity contribution in [1.29, 1.82) is 0 Å². The fourth-order valence-corrected chi connectivity index (χ4v) is 4.08. The molecular weight excluding hydrogens is 236 g/mol. The van der Waals surface area contributed by atoms with Crippen molar-refractivity contribution >= 4 is 5.97 Å². The zero-order chi connectivity index (χ0) is 15.5. The quantitative estimate of drug-likeness (QED) is 0.604. The fourth-order valence-electron chi connectivity index (χ4n) is 4.08. The Morgan fingerprint density at radius 3 is 1.79 bits per heavy atom. The van der Waals surface area contributed by atoms with Crippen LogP contribution in [-0.4, -0.2) is 13.1 Å². The van der Waals surface area contributed by atoms with Gasteiger partial charge in [-0.25, -0.2) is 0 Å². The van der Waals surface area contributed by atoms with Gasteiger partial charge in [-0.15, -0.1) is 0 Å². The van der Waals surface area contributed by atoms with Crippen LogP contribution in [0.5, 0.6) is 0 Å². The second-order valence-corrected chi connectivity index (χ2v) is 8.66. The Kier molecular flexibility index (Phi) is 6.10. The smallest absolute Gasteiger partial charge is 0.311 e.